The highest BCUT2D eigenvalue weighted by molar-refractivity contribution is 6.01. The number of rotatable bonds is 3. The van der Waals surface area contributed by atoms with Crippen molar-refractivity contribution in [3.8, 4) is 0 Å². The van der Waals surface area contributed by atoms with Crippen LogP contribution in [-0.2, 0) is 19.1 Å². The summed E-state index contributed by atoms with van der Waals surface area (Å²) < 4.78 is 44.4. The number of alkyl halides is 2. The van der Waals surface area contributed by atoms with Crippen LogP contribution in [0, 0.1) is 40.4 Å². The Kier molecular flexibility index (Phi) is 6.60. The van der Waals surface area contributed by atoms with Crippen molar-refractivity contribution in [2.24, 2.45) is 40.4 Å². The Balaban J connectivity index is 1.50. The Morgan fingerprint density at radius 2 is 1.67 bits per heavy atom. The summed E-state index contributed by atoms with van der Waals surface area (Å²) in [6.07, 6.45) is 0.744. The van der Waals surface area contributed by atoms with Crippen LogP contribution in [0.1, 0.15) is 73.1 Å². The van der Waals surface area contributed by atoms with Gasteiger partial charge in [-0.05, 0) is 80.9 Å². The highest BCUT2D eigenvalue weighted by Crippen LogP contribution is 2.71. The first-order chi connectivity index (χ1) is 18.1. The van der Waals surface area contributed by atoms with Crippen LogP contribution >= 0.6 is 0 Å². The molecule has 0 heterocycles. The fourth-order valence-electron chi connectivity index (χ4n) is 9.50. The van der Waals surface area contributed by atoms with Crippen LogP contribution in [-0.4, -0.2) is 57.8 Å². The van der Waals surface area contributed by atoms with Crippen molar-refractivity contribution in [3.05, 3.63) is 23.8 Å². The molecule has 0 spiro atoms. The smallest absolute Gasteiger partial charge is 0.478 e. The zero-order valence-corrected chi connectivity index (χ0v) is 23.3. The van der Waals surface area contributed by atoms with Gasteiger partial charge in [-0.25, -0.2) is 18.4 Å². The van der Waals surface area contributed by atoms with E-state index in [0.29, 0.717) is 24.7 Å². The zero-order chi connectivity index (χ0) is 28.7. The molecule has 0 amide bonds. The number of hydrogen-bond acceptors (Lipinski definition) is 6. The third-order valence-electron chi connectivity index (χ3n) is 11.1. The number of carbonyl (C=O) groups is 3. The Labute approximate surface area is 228 Å². The number of halogens is 2. The summed E-state index contributed by atoms with van der Waals surface area (Å²) in [5.74, 6) is -3.64. The fraction of sp³-hybridized carbons (Fsp3) is 0.767. The first kappa shape index (κ1) is 28.2. The van der Waals surface area contributed by atoms with E-state index >= 15 is 8.78 Å². The molecule has 4 saturated carbocycles. The molecule has 0 aliphatic heterocycles. The molecule has 4 fully saturated rings. The largest absolute Gasteiger partial charge is 0.509 e. The monoisotopic (exact) mass is 550 g/mol. The molecule has 39 heavy (non-hydrogen) atoms. The van der Waals surface area contributed by atoms with E-state index in [1.54, 1.807) is 13.8 Å². The topological polar surface area (TPSA) is 110 Å². The van der Waals surface area contributed by atoms with Crippen molar-refractivity contribution in [2.45, 2.75) is 103 Å². The summed E-state index contributed by atoms with van der Waals surface area (Å²) in [6, 6.07) is 0. The molecule has 7 nitrogen and oxygen atoms in total. The van der Waals surface area contributed by atoms with Gasteiger partial charge in [-0.1, -0.05) is 33.8 Å². The van der Waals surface area contributed by atoms with Crippen molar-refractivity contribution in [1.82, 2.24) is 0 Å². The number of carboxylic acid groups (broad SMARTS) is 1. The molecule has 0 unspecified atom stereocenters. The van der Waals surface area contributed by atoms with Gasteiger partial charge in [0.15, 0.2) is 11.5 Å². The van der Waals surface area contributed by atoms with Gasteiger partial charge >= 0.3 is 12.1 Å². The highest BCUT2D eigenvalue weighted by Gasteiger charge is 2.78. The summed E-state index contributed by atoms with van der Waals surface area (Å²) in [7, 11) is 0. The Hall–Kier alpha value is -2.29. The third kappa shape index (κ3) is 3.77. The number of allylic oxidation sites excluding steroid dienone is 4. The van der Waals surface area contributed by atoms with Crippen LogP contribution < -0.4 is 0 Å². The summed E-state index contributed by atoms with van der Waals surface area (Å²) in [4.78, 5) is 38.2. The number of hydrogen-bond donors (Lipinski definition) is 2. The molecule has 2 N–H and O–H groups in total. The summed E-state index contributed by atoms with van der Waals surface area (Å²) in [6.45, 7) is 8.90. The molecule has 9 heteroatoms. The van der Waals surface area contributed by atoms with Crippen LogP contribution in [0.15, 0.2) is 23.8 Å². The molecule has 0 aromatic rings. The second kappa shape index (κ2) is 9.11. The Morgan fingerprint density at radius 3 is 2.28 bits per heavy atom. The van der Waals surface area contributed by atoms with Crippen molar-refractivity contribution >= 4 is 17.9 Å². The number of fused-ring (bicyclic) bond motifs is 5. The average Bonchev–Trinajstić information content (AvgIpc) is 3.03. The molecular formula is C30H40F2O7. The maximum absolute atomic E-state index is 17.4. The van der Waals surface area contributed by atoms with Crippen LogP contribution in [0.25, 0.3) is 0 Å². The highest BCUT2D eigenvalue weighted by atomic mass is 19.1. The SMILES string of the molecule is C[C@@H]1C[C@H](C)C[C@H](OC(=O)O[C@]2(C(=O)O)[C@H](C)C[C@H]3[C@@H]4C[C@H](F)C5=CC(=O)C=C[C@]5(C)[C@@]4(F)[C@@H](O)C[C@@]32C)C1. The summed E-state index contributed by atoms with van der Waals surface area (Å²) in [5, 5.41) is 22.1. The predicted molar refractivity (Wildman–Crippen MR) is 137 cm³/mol. The average molecular weight is 551 g/mol. The molecule has 5 aliphatic carbocycles. The number of carboxylic acids is 1. The lowest BCUT2D eigenvalue weighted by molar-refractivity contribution is -0.232. The van der Waals surface area contributed by atoms with Crippen LogP contribution in [0.3, 0.4) is 0 Å². The molecule has 0 aromatic heterocycles. The quantitative estimate of drug-likeness (QED) is 0.456. The number of ether oxygens (including phenoxy) is 2. The van der Waals surface area contributed by atoms with Gasteiger partial charge in [0.2, 0.25) is 5.60 Å². The number of carbonyl (C=O) groups excluding carboxylic acids is 2. The number of aliphatic hydroxyl groups is 1. The van der Waals surface area contributed by atoms with Crippen LogP contribution in [0.4, 0.5) is 13.6 Å². The van der Waals surface area contributed by atoms with E-state index in [4.69, 9.17) is 9.47 Å². The molecule has 0 aromatic carbocycles. The number of ketones is 1. The Bertz CT molecular complexity index is 1130. The first-order valence-corrected chi connectivity index (χ1v) is 14.2. The minimum Gasteiger partial charge on any atom is -0.478 e. The molecule has 5 rings (SSSR count). The van der Waals surface area contributed by atoms with Gasteiger partial charge in [0.05, 0.1) is 6.10 Å². The first-order valence-electron chi connectivity index (χ1n) is 14.2. The summed E-state index contributed by atoms with van der Waals surface area (Å²) >= 11 is 0. The van der Waals surface area contributed by atoms with Crippen molar-refractivity contribution < 1.29 is 42.9 Å². The van der Waals surface area contributed by atoms with Gasteiger partial charge in [-0.3, -0.25) is 4.79 Å². The van der Waals surface area contributed by atoms with E-state index in [1.807, 2.05) is 0 Å². The fourth-order valence-corrected chi connectivity index (χ4v) is 9.50. The Morgan fingerprint density at radius 1 is 1.03 bits per heavy atom. The molecule has 5 aliphatic rings. The molecule has 216 valence electrons. The normalized spacial score (nSPS) is 50.8. The van der Waals surface area contributed by atoms with E-state index in [0.717, 1.165) is 12.5 Å². The van der Waals surface area contributed by atoms with Gasteiger partial charge < -0.3 is 19.7 Å². The van der Waals surface area contributed by atoms with E-state index in [-0.39, 0.29) is 24.8 Å². The van der Waals surface area contributed by atoms with Gasteiger partial charge in [-0.2, -0.15) is 0 Å². The van der Waals surface area contributed by atoms with Gasteiger partial charge in [0.25, 0.3) is 0 Å². The molecular weight excluding hydrogens is 510 g/mol. The minimum absolute atomic E-state index is 0.00251. The third-order valence-corrected chi connectivity index (χ3v) is 11.1. The standard InChI is InChI=1S/C30H40F2O7/c1-15-8-16(2)10-19(9-15)38-26(37)39-30(25(35)36)17(3)11-20-21-13-23(31)22-12-18(33)6-7-27(22,4)29(21,32)24(34)14-28(20,30)5/h6-7,12,15-17,19-21,23-24,34H,8-11,13-14H2,1-5H3,(H,35,36)/t15-,16+,17-,19-,20+,21+,23+,24+,27+,28+,29+,30+/m1/s1. The van der Waals surface area contributed by atoms with E-state index in [2.05, 4.69) is 13.8 Å². The summed E-state index contributed by atoms with van der Waals surface area (Å²) in [5.41, 5.74) is -7.40. The zero-order valence-electron chi connectivity index (χ0n) is 23.3. The van der Waals surface area contributed by atoms with Crippen LogP contribution in [0.2, 0.25) is 0 Å². The van der Waals surface area contributed by atoms with Gasteiger partial charge in [-0.15, -0.1) is 0 Å². The molecule has 0 bridgehead atoms. The molecule has 0 saturated heterocycles. The number of aliphatic carboxylic acids is 1. The maximum atomic E-state index is 17.4. The second-order valence-electron chi connectivity index (χ2n) is 13.5. The van der Waals surface area contributed by atoms with Crippen molar-refractivity contribution in [2.75, 3.05) is 0 Å². The number of aliphatic hydroxyl groups excluding tert-OH is 1. The van der Waals surface area contributed by atoms with Gasteiger partial charge in [0.1, 0.15) is 12.3 Å². The minimum atomic E-state index is -2.34. The van der Waals surface area contributed by atoms with E-state index < -0.39 is 76.1 Å². The van der Waals surface area contributed by atoms with Crippen molar-refractivity contribution in [3.63, 3.8) is 0 Å². The van der Waals surface area contributed by atoms with E-state index in [9.17, 15) is 24.6 Å². The molecule has 12 atom stereocenters. The lowest BCUT2D eigenvalue weighted by Crippen LogP contribution is -2.71. The predicted octanol–water partition coefficient (Wildman–Crippen LogP) is 5.35. The molecule has 0 radical (unpaired) electrons. The van der Waals surface area contributed by atoms with Crippen molar-refractivity contribution in [1.29, 1.82) is 0 Å². The van der Waals surface area contributed by atoms with E-state index in [1.165, 1.54) is 19.1 Å². The maximum Gasteiger partial charge on any atom is 0.509 e. The lowest BCUT2D eigenvalue weighted by atomic mass is 9.44. The van der Waals surface area contributed by atoms with Gasteiger partial charge in [0, 0.05) is 22.7 Å². The lowest BCUT2D eigenvalue weighted by Gasteiger charge is -2.62. The second-order valence-corrected chi connectivity index (χ2v) is 13.5. The van der Waals surface area contributed by atoms with Crippen LogP contribution in [0.5, 0.6) is 0 Å².